The van der Waals surface area contributed by atoms with E-state index in [0.717, 1.165) is 17.5 Å². The highest BCUT2D eigenvalue weighted by Gasteiger charge is 2.20. The molecule has 0 aliphatic heterocycles. The number of benzene rings is 1. The lowest BCUT2D eigenvalue weighted by molar-refractivity contribution is -0.130. The van der Waals surface area contributed by atoms with Gasteiger partial charge in [-0.15, -0.1) is 0 Å². The number of carbonyl (C=O) groups excluding carboxylic acids is 2. The zero-order valence-electron chi connectivity index (χ0n) is 12.1. The van der Waals surface area contributed by atoms with E-state index in [1.54, 1.807) is 12.1 Å². The molecule has 0 bridgehead atoms. The largest absolute Gasteiger partial charge is 0.508 e. The first kappa shape index (κ1) is 15.4. The third-order valence-corrected chi connectivity index (χ3v) is 3.66. The summed E-state index contributed by atoms with van der Waals surface area (Å²) in [4.78, 5) is 22.9. The number of aromatic hydroxyl groups is 1. The van der Waals surface area contributed by atoms with Gasteiger partial charge in [0.2, 0.25) is 0 Å². The first-order valence-electron chi connectivity index (χ1n) is 6.69. The van der Waals surface area contributed by atoms with E-state index in [9.17, 15) is 14.7 Å². The molecule has 1 atom stereocenters. The molecule has 1 N–H and O–H groups in total. The monoisotopic (exact) mass is 262 g/mol. The molecule has 0 heterocycles. The minimum Gasteiger partial charge on any atom is -0.508 e. The van der Waals surface area contributed by atoms with Crippen LogP contribution >= 0.6 is 0 Å². The molecule has 0 spiro atoms. The van der Waals surface area contributed by atoms with Gasteiger partial charge in [0.05, 0.1) is 5.92 Å². The smallest absolute Gasteiger partial charge is 0.140 e. The Hall–Kier alpha value is -1.64. The summed E-state index contributed by atoms with van der Waals surface area (Å²) in [6, 6.07) is 5.33. The highest BCUT2D eigenvalue weighted by atomic mass is 16.3. The van der Waals surface area contributed by atoms with E-state index in [-0.39, 0.29) is 23.2 Å². The highest BCUT2D eigenvalue weighted by Crippen LogP contribution is 2.29. The van der Waals surface area contributed by atoms with E-state index in [0.29, 0.717) is 6.42 Å². The van der Waals surface area contributed by atoms with Crippen LogP contribution in [0.15, 0.2) is 18.2 Å². The van der Waals surface area contributed by atoms with Crippen molar-refractivity contribution in [2.24, 2.45) is 5.92 Å². The fraction of sp³-hybridized carbons (Fsp3) is 0.500. The lowest BCUT2D eigenvalue weighted by Crippen LogP contribution is -2.21. The van der Waals surface area contributed by atoms with Gasteiger partial charge in [0.1, 0.15) is 17.3 Å². The molecule has 0 fully saturated rings. The second kappa shape index (κ2) is 6.50. The summed E-state index contributed by atoms with van der Waals surface area (Å²) in [5, 5.41) is 9.86. The fourth-order valence-corrected chi connectivity index (χ4v) is 2.15. The number of ketones is 2. The Morgan fingerprint density at radius 2 is 1.79 bits per heavy atom. The summed E-state index contributed by atoms with van der Waals surface area (Å²) in [7, 11) is 0. The van der Waals surface area contributed by atoms with Crippen LogP contribution in [0.5, 0.6) is 5.75 Å². The van der Waals surface area contributed by atoms with Crippen molar-refractivity contribution < 1.29 is 14.7 Å². The molecule has 1 unspecified atom stereocenters. The number of phenols is 1. The van der Waals surface area contributed by atoms with E-state index in [1.165, 1.54) is 13.8 Å². The molecular weight excluding hydrogens is 240 g/mol. The Balaban J connectivity index is 3.02. The van der Waals surface area contributed by atoms with Crippen molar-refractivity contribution in [1.82, 2.24) is 0 Å². The molecule has 0 aliphatic rings. The summed E-state index contributed by atoms with van der Waals surface area (Å²) in [5.74, 6) is -0.251. The van der Waals surface area contributed by atoms with Gasteiger partial charge in [0.15, 0.2) is 0 Å². The number of Topliss-reactive ketones (excluding diaryl/α,β-unsaturated/α-hetero) is 2. The van der Waals surface area contributed by atoms with Crippen LogP contribution in [0, 0.1) is 5.92 Å². The SMILES string of the molecule is CCC(C)c1cc(CC(C(C)=O)C(C)=O)ccc1O. The van der Waals surface area contributed by atoms with Gasteiger partial charge in [0.25, 0.3) is 0 Å². The average Bonchev–Trinajstić information content (AvgIpc) is 2.35. The van der Waals surface area contributed by atoms with Crippen LogP contribution in [0.4, 0.5) is 0 Å². The van der Waals surface area contributed by atoms with Crippen molar-refractivity contribution >= 4 is 11.6 Å². The Labute approximate surface area is 114 Å². The van der Waals surface area contributed by atoms with Gasteiger partial charge in [-0.2, -0.15) is 0 Å². The van der Waals surface area contributed by atoms with Crippen molar-refractivity contribution in [3.63, 3.8) is 0 Å². The first-order valence-corrected chi connectivity index (χ1v) is 6.69. The molecule has 0 saturated heterocycles. The second-order valence-electron chi connectivity index (χ2n) is 5.18. The standard InChI is InChI=1S/C16H22O3/c1-5-10(2)14-8-13(6-7-16(14)19)9-15(11(3)17)12(4)18/h6-8,10,15,19H,5,9H2,1-4H3. The molecule has 0 radical (unpaired) electrons. The van der Waals surface area contributed by atoms with Gasteiger partial charge >= 0.3 is 0 Å². The molecule has 0 amide bonds. The van der Waals surface area contributed by atoms with E-state index >= 15 is 0 Å². The summed E-state index contributed by atoms with van der Waals surface area (Å²) in [6.07, 6.45) is 1.34. The lowest BCUT2D eigenvalue weighted by Gasteiger charge is -2.15. The predicted molar refractivity (Wildman–Crippen MR) is 75.4 cm³/mol. The Morgan fingerprint density at radius 1 is 1.21 bits per heavy atom. The van der Waals surface area contributed by atoms with E-state index in [1.807, 2.05) is 13.0 Å². The molecule has 0 aromatic heterocycles. The van der Waals surface area contributed by atoms with Crippen molar-refractivity contribution in [3.05, 3.63) is 29.3 Å². The van der Waals surface area contributed by atoms with E-state index in [4.69, 9.17) is 0 Å². The molecule has 1 aromatic rings. The van der Waals surface area contributed by atoms with Gasteiger partial charge in [-0.1, -0.05) is 26.0 Å². The lowest BCUT2D eigenvalue weighted by atomic mass is 9.89. The van der Waals surface area contributed by atoms with Gasteiger partial charge in [-0.25, -0.2) is 0 Å². The Kier molecular flexibility index (Phi) is 5.28. The molecule has 0 saturated carbocycles. The van der Waals surface area contributed by atoms with E-state index in [2.05, 4.69) is 6.92 Å². The molecule has 19 heavy (non-hydrogen) atoms. The number of phenolic OH excluding ortho intramolecular Hbond substituents is 1. The minimum atomic E-state index is -0.575. The summed E-state index contributed by atoms with van der Waals surface area (Å²) in [5.41, 5.74) is 1.80. The number of hydrogen-bond donors (Lipinski definition) is 1. The van der Waals surface area contributed by atoms with Gasteiger partial charge < -0.3 is 5.11 Å². The van der Waals surface area contributed by atoms with Gasteiger partial charge in [0, 0.05) is 0 Å². The van der Waals surface area contributed by atoms with Crippen LogP contribution in [-0.2, 0) is 16.0 Å². The van der Waals surface area contributed by atoms with Crippen LogP contribution in [0.1, 0.15) is 51.2 Å². The molecule has 3 heteroatoms. The van der Waals surface area contributed by atoms with Crippen molar-refractivity contribution in [1.29, 1.82) is 0 Å². The molecule has 3 nitrogen and oxygen atoms in total. The van der Waals surface area contributed by atoms with Crippen LogP contribution in [-0.4, -0.2) is 16.7 Å². The van der Waals surface area contributed by atoms with Crippen molar-refractivity contribution in [3.8, 4) is 5.75 Å². The van der Waals surface area contributed by atoms with Crippen molar-refractivity contribution in [2.45, 2.75) is 46.5 Å². The topological polar surface area (TPSA) is 54.4 Å². The van der Waals surface area contributed by atoms with E-state index < -0.39 is 5.92 Å². The fourth-order valence-electron chi connectivity index (χ4n) is 2.15. The van der Waals surface area contributed by atoms with Gasteiger partial charge in [-0.3, -0.25) is 9.59 Å². The van der Waals surface area contributed by atoms with Crippen LogP contribution in [0.3, 0.4) is 0 Å². The number of rotatable bonds is 6. The maximum Gasteiger partial charge on any atom is 0.140 e. The number of carbonyl (C=O) groups is 2. The van der Waals surface area contributed by atoms with Crippen LogP contribution in [0.2, 0.25) is 0 Å². The summed E-state index contributed by atoms with van der Waals surface area (Å²) in [6.45, 7) is 7.00. The Bertz CT molecular complexity index is 463. The maximum absolute atomic E-state index is 11.5. The number of hydrogen-bond acceptors (Lipinski definition) is 3. The molecule has 1 aromatic carbocycles. The Morgan fingerprint density at radius 3 is 2.26 bits per heavy atom. The van der Waals surface area contributed by atoms with Crippen LogP contribution in [0.25, 0.3) is 0 Å². The summed E-state index contributed by atoms with van der Waals surface area (Å²) < 4.78 is 0. The molecular formula is C16H22O3. The normalized spacial score (nSPS) is 12.5. The second-order valence-corrected chi connectivity index (χ2v) is 5.18. The summed E-state index contributed by atoms with van der Waals surface area (Å²) >= 11 is 0. The third-order valence-electron chi connectivity index (χ3n) is 3.66. The van der Waals surface area contributed by atoms with Gasteiger partial charge in [-0.05, 0) is 49.8 Å². The first-order chi connectivity index (χ1) is 8.86. The predicted octanol–water partition coefficient (Wildman–Crippen LogP) is 3.24. The maximum atomic E-state index is 11.5. The highest BCUT2D eigenvalue weighted by molar-refractivity contribution is 6.00. The quantitative estimate of drug-likeness (QED) is 0.801. The zero-order chi connectivity index (χ0) is 14.6. The molecule has 1 rings (SSSR count). The zero-order valence-corrected chi connectivity index (χ0v) is 12.1. The average molecular weight is 262 g/mol. The minimum absolute atomic E-state index is 0.106. The van der Waals surface area contributed by atoms with Crippen molar-refractivity contribution in [2.75, 3.05) is 0 Å². The third kappa shape index (κ3) is 3.91. The molecule has 104 valence electrons. The molecule has 0 aliphatic carbocycles. The van der Waals surface area contributed by atoms with Crippen LogP contribution < -0.4 is 0 Å².